The van der Waals surface area contributed by atoms with Crippen LogP contribution in [-0.4, -0.2) is 23.3 Å². The molecule has 20 heavy (non-hydrogen) atoms. The number of aliphatic carboxylic acids is 1. The smallest absolute Gasteiger partial charge is 0.303 e. The molecular weight excluding hydrogens is 252 g/mol. The summed E-state index contributed by atoms with van der Waals surface area (Å²) in [4.78, 5) is 11.2. The lowest BCUT2D eigenvalue weighted by atomic mass is 9.76. The summed E-state index contributed by atoms with van der Waals surface area (Å²) in [7, 11) is 0. The van der Waals surface area contributed by atoms with Crippen molar-refractivity contribution in [2.45, 2.75) is 45.1 Å². The molecule has 1 aliphatic rings. The SMILES string of the molecule is CC1(C)C[C@H]([C@@H](CC(=O)O)Cc2ccccc2)CCO1. The molecule has 110 valence electrons. The first-order valence-corrected chi connectivity index (χ1v) is 7.36. The Bertz CT molecular complexity index is 439. The van der Waals surface area contributed by atoms with Crippen LogP contribution in [0.25, 0.3) is 0 Å². The molecule has 0 amide bonds. The summed E-state index contributed by atoms with van der Waals surface area (Å²) < 4.78 is 5.75. The quantitative estimate of drug-likeness (QED) is 0.895. The Kier molecular flexibility index (Phi) is 4.81. The van der Waals surface area contributed by atoms with Gasteiger partial charge in [-0.1, -0.05) is 30.3 Å². The third kappa shape index (κ3) is 4.34. The van der Waals surface area contributed by atoms with Gasteiger partial charge in [-0.25, -0.2) is 0 Å². The van der Waals surface area contributed by atoms with Crippen molar-refractivity contribution in [3.8, 4) is 0 Å². The number of hydrogen-bond acceptors (Lipinski definition) is 2. The minimum Gasteiger partial charge on any atom is -0.481 e. The van der Waals surface area contributed by atoms with Gasteiger partial charge in [0, 0.05) is 13.0 Å². The van der Waals surface area contributed by atoms with Crippen molar-refractivity contribution in [2.75, 3.05) is 6.61 Å². The summed E-state index contributed by atoms with van der Waals surface area (Å²) in [5.41, 5.74) is 1.10. The number of hydrogen-bond donors (Lipinski definition) is 1. The van der Waals surface area contributed by atoms with Crippen LogP contribution in [0, 0.1) is 11.8 Å². The second-order valence-electron chi connectivity index (χ2n) is 6.41. The molecule has 3 heteroatoms. The lowest BCUT2D eigenvalue weighted by Crippen LogP contribution is -2.37. The first-order chi connectivity index (χ1) is 9.46. The lowest BCUT2D eigenvalue weighted by molar-refractivity contribution is -0.140. The van der Waals surface area contributed by atoms with Crippen LogP contribution in [0.3, 0.4) is 0 Å². The fraction of sp³-hybridized carbons (Fsp3) is 0.588. The fourth-order valence-electron chi connectivity index (χ4n) is 3.23. The third-order valence-electron chi connectivity index (χ3n) is 4.18. The molecule has 1 aromatic carbocycles. The molecule has 0 spiro atoms. The van der Waals surface area contributed by atoms with Gasteiger partial charge in [0.05, 0.1) is 5.60 Å². The van der Waals surface area contributed by atoms with E-state index in [9.17, 15) is 9.90 Å². The van der Waals surface area contributed by atoms with E-state index >= 15 is 0 Å². The van der Waals surface area contributed by atoms with Gasteiger partial charge in [0.2, 0.25) is 0 Å². The molecule has 1 fully saturated rings. The standard InChI is InChI=1S/C17H24O3/c1-17(2)12-14(8-9-20-17)15(11-16(18)19)10-13-6-4-3-5-7-13/h3-7,14-15H,8-12H2,1-2H3,(H,18,19)/t14-,15-/m1/s1. The van der Waals surface area contributed by atoms with E-state index in [1.165, 1.54) is 5.56 Å². The zero-order chi connectivity index (χ0) is 14.6. The van der Waals surface area contributed by atoms with E-state index in [-0.39, 0.29) is 17.9 Å². The van der Waals surface area contributed by atoms with Crippen LogP contribution in [0.15, 0.2) is 30.3 Å². The molecule has 1 aliphatic heterocycles. The van der Waals surface area contributed by atoms with E-state index in [0.29, 0.717) is 5.92 Å². The van der Waals surface area contributed by atoms with Crippen LogP contribution in [0.2, 0.25) is 0 Å². The van der Waals surface area contributed by atoms with Gasteiger partial charge in [-0.15, -0.1) is 0 Å². The summed E-state index contributed by atoms with van der Waals surface area (Å²) >= 11 is 0. The monoisotopic (exact) mass is 276 g/mol. The van der Waals surface area contributed by atoms with Crippen LogP contribution in [0.1, 0.15) is 38.7 Å². The van der Waals surface area contributed by atoms with Gasteiger partial charge in [0.15, 0.2) is 0 Å². The van der Waals surface area contributed by atoms with Crippen molar-refractivity contribution in [1.29, 1.82) is 0 Å². The fourth-order valence-corrected chi connectivity index (χ4v) is 3.23. The van der Waals surface area contributed by atoms with Crippen molar-refractivity contribution >= 4 is 5.97 Å². The Morgan fingerprint density at radius 1 is 1.40 bits per heavy atom. The Morgan fingerprint density at radius 3 is 2.70 bits per heavy atom. The highest BCUT2D eigenvalue weighted by molar-refractivity contribution is 5.67. The lowest BCUT2D eigenvalue weighted by Gasteiger charge is -2.39. The van der Waals surface area contributed by atoms with E-state index in [2.05, 4.69) is 26.0 Å². The minimum absolute atomic E-state index is 0.129. The molecule has 1 N–H and O–H groups in total. The number of benzene rings is 1. The van der Waals surface area contributed by atoms with Gasteiger partial charge in [-0.3, -0.25) is 4.79 Å². The van der Waals surface area contributed by atoms with E-state index < -0.39 is 5.97 Å². The number of carboxylic acids is 1. The highest BCUT2D eigenvalue weighted by Crippen LogP contribution is 2.36. The maximum absolute atomic E-state index is 11.2. The maximum atomic E-state index is 11.2. The van der Waals surface area contributed by atoms with Crippen LogP contribution in [-0.2, 0) is 16.0 Å². The van der Waals surface area contributed by atoms with Crippen LogP contribution in [0.5, 0.6) is 0 Å². The Morgan fingerprint density at radius 2 is 2.10 bits per heavy atom. The molecule has 2 rings (SSSR count). The van der Waals surface area contributed by atoms with Gasteiger partial charge < -0.3 is 9.84 Å². The second kappa shape index (κ2) is 6.40. The summed E-state index contributed by atoms with van der Waals surface area (Å²) in [6.45, 7) is 4.93. The van der Waals surface area contributed by atoms with Crippen molar-refractivity contribution in [3.63, 3.8) is 0 Å². The molecule has 1 saturated heterocycles. The number of ether oxygens (including phenoxy) is 1. The third-order valence-corrected chi connectivity index (χ3v) is 4.18. The van der Waals surface area contributed by atoms with Crippen molar-refractivity contribution in [1.82, 2.24) is 0 Å². The van der Waals surface area contributed by atoms with E-state index in [1.807, 2.05) is 18.2 Å². The number of carboxylic acid groups (broad SMARTS) is 1. The van der Waals surface area contributed by atoms with Gasteiger partial charge in [-0.05, 0) is 50.5 Å². The molecule has 2 atom stereocenters. The second-order valence-corrected chi connectivity index (χ2v) is 6.41. The molecule has 1 aromatic rings. The topological polar surface area (TPSA) is 46.5 Å². The zero-order valence-corrected chi connectivity index (χ0v) is 12.3. The van der Waals surface area contributed by atoms with Gasteiger partial charge >= 0.3 is 5.97 Å². The van der Waals surface area contributed by atoms with Crippen LogP contribution < -0.4 is 0 Å². The van der Waals surface area contributed by atoms with Gasteiger partial charge in [0.1, 0.15) is 0 Å². The average molecular weight is 276 g/mol. The average Bonchev–Trinajstić information content (AvgIpc) is 2.37. The molecular formula is C17H24O3. The van der Waals surface area contributed by atoms with E-state index in [1.54, 1.807) is 0 Å². The molecule has 1 heterocycles. The first-order valence-electron chi connectivity index (χ1n) is 7.36. The molecule has 3 nitrogen and oxygen atoms in total. The van der Waals surface area contributed by atoms with Gasteiger partial charge in [0.25, 0.3) is 0 Å². The highest BCUT2D eigenvalue weighted by atomic mass is 16.5. The summed E-state index contributed by atoms with van der Waals surface area (Å²) in [6.07, 6.45) is 3.00. The maximum Gasteiger partial charge on any atom is 0.303 e. The van der Waals surface area contributed by atoms with Crippen LogP contribution in [0.4, 0.5) is 0 Å². The summed E-state index contributed by atoms with van der Waals surface area (Å²) in [5, 5.41) is 9.19. The van der Waals surface area contributed by atoms with Crippen molar-refractivity contribution < 1.29 is 14.6 Å². The molecule has 0 saturated carbocycles. The number of carbonyl (C=O) groups is 1. The summed E-state index contributed by atoms with van der Waals surface area (Å²) in [6, 6.07) is 10.2. The normalized spacial score (nSPS) is 23.2. The Hall–Kier alpha value is -1.35. The van der Waals surface area contributed by atoms with Gasteiger partial charge in [-0.2, -0.15) is 0 Å². The zero-order valence-electron chi connectivity index (χ0n) is 12.3. The molecule has 0 aromatic heterocycles. The predicted molar refractivity (Wildman–Crippen MR) is 78.6 cm³/mol. The van der Waals surface area contributed by atoms with Crippen LogP contribution >= 0.6 is 0 Å². The Balaban J connectivity index is 2.08. The molecule has 0 bridgehead atoms. The predicted octanol–water partition coefficient (Wildman–Crippen LogP) is 3.53. The Labute approximate surface area is 121 Å². The van der Waals surface area contributed by atoms with Crippen molar-refractivity contribution in [3.05, 3.63) is 35.9 Å². The molecule has 0 aliphatic carbocycles. The minimum atomic E-state index is -0.699. The molecule has 0 radical (unpaired) electrons. The largest absolute Gasteiger partial charge is 0.481 e. The van der Waals surface area contributed by atoms with E-state index in [0.717, 1.165) is 25.9 Å². The first kappa shape index (κ1) is 15.0. The summed E-state index contributed by atoms with van der Waals surface area (Å²) in [5.74, 6) is -0.0802. The highest BCUT2D eigenvalue weighted by Gasteiger charge is 2.34. The molecule has 0 unspecified atom stereocenters. The van der Waals surface area contributed by atoms with Crippen molar-refractivity contribution in [2.24, 2.45) is 11.8 Å². The van der Waals surface area contributed by atoms with E-state index in [4.69, 9.17) is 4.74 Å². The number of rotatable bonds is 5.